The number of hydrogen-bond acceptors (Lipinski definition) is 7. The van der Waals surface area contributed by atoms with E-state index < -0.39 is 11.7 Å². The van der Waals surface area contributed by atoms with Crippen molar-refractivity contribution >= 4 is 28.5 Å². The van der Waals surface area contributed by atoms with Gasteiger partial charge in [-0.05, 0) is 31.5 Å². The third kappa shape index (κ3) is 4.14. The first kappa shape index (κ1) is 22.3. The second kappa shape index (κ2) is 9.05. The van der Waals surface area contributed by atoms with E-state index in [4.69, 9.17) is 0 Å². The Morgan fingerprint density at radius 1 is 0.943 bits per heavy atom. The lowest BCUT2D eigenvalue weighted by atomic mass is 10.0. The van der Waals surface area contributed by atoms with E-state index in [-0.39, 0.29) is 24.6 Å². The smallest absolute Gasteiger partial charge is 0.295 e. The van der Waals surface area contributed by atoms with Gasteiger partial charge in [0, 0.05) is 62.0 Å². The molecule has 0 atom stereocenters. The van der Waals surface area contributed by atoms with E-state index >= 15 is 0 Å². The zero-order valence-electron chi connectivity index (χ0n) is 19.4. The van der Waals surface area contributed by atoms with Crippen molar-refractivity contribution in [2.24, 2.45) is 0 Å². The molecule has 5 heterocycles. The second-order valence-electron chi connectivity index (χ2n) is 8.41. The van der Waals surface area contributed by atoms with Crippen LogP contribution in [0.5, 0.6) is 0 Å². The van der Waals surface area contributed by atoms with Gasteiger partial charge in [0.05, 0.1) is 17.3 Å². The third-order valence-electron chi connectivity index (χ3n) is 6.10. The normalized spacial score (nSPS) is 13.8. The zero-order valence-corrected chi connectivity index (χ0v) is 19.4. The van der Waals surface area contributed by atoms with Gasteiger partial charge in [-0.25, -0.2) is 4.98 Å². The van der Waals surface area contributed by atoms with Crippen LogP contribution in [0.25, 0.3) is 22.3 Å². The molecule has 5 rings (SSSR count). The van der Waals surface area contributed by atoms with Gasteiger partial charge in [-0.1, -0.05) is 6.07 Å². The number of H-pyrrole nitrogens is 1. The summed E-state index contributed by atoms with van der Waals surface area (Å²) in [7, 11) is 0. The van der Waals surface area contributed by atoms with Crippen molar-refractivity contribution in [1.82, 2.24) is 34.7 Å². The minimum atomic E-state index is -0.601. The molecule has 4 aromatic rings. The summed E-state index contributed by atoms with van der Waals surface area (Å²) >= 11 is 0. The number of aromatic amines is 1. The van der Waals surface area contributed by atoms with E-state index in [2.05, 4.69) is 24.9 Å². The molecule has 35 heavy (non-hydrogen) atoms. The molecule has 0 spiro atoms. The number of aryl methyl sites for hydroxylation is 2. The Labute approximate surface area is 201 Å². The summed E-state index contributed by atoms with van der Waals surface area (Å²) in [5, 5.41) is 0.637. The number of aromatic nitrogens is 5. The van der Waals surface area contributed by atoms with Crippen LogP contribution in [0.15, 0.2) is 49.2 Å². The Morgan fingerprint density at radius 3 is 2.43 bits per heavy atom. The fourth-order valence-electron chi connectivity index (χ4n) is 4.30. The molecule has 0 radical (unpaired) electrons. The maximum absolute atomic E-state index is 13.2. The molecular formula is C25H23N7O3. The molecule has 1 aliphatic heterocycles. The Kier molecular flexibility index (Phi) is 5.77. The third-order valence-corrected chi connectivity index (χ3v) is 6.10. The second-order valence-corrected chi connectivity index (χ2v) is 8.41. The largest absolute Gasteiger partial charge is 0.359 e. The van der Waals surface area contributed by atoms with Crippen molar-refractivity contribution in [1.29, 1.82) is 0 Å². The van der Waals surface area contributed by atoms with Gasteiger partial charge in [-0.2, -0.15) is 0 Å². The fraction of sp³-hybridized carbons (Fsp3) is 0.240. The first-order valence-electron chi connectivity index (χ1n) is 11.2. The average Bonchev–Trinajstić information content (AvgIpc) is 3.34. The van der Waals surface area contributed by atoms with Crippen LogP contribution < -0.4 is 0 Å². The highest BCUT2D eigenvalue weighted by molar-refractivity contribution is 6.45. The van der Waals surface area contributed by atoms with Crippen molar-refractivity contribution in [3.8, 4) is 11.4 Å². The van der Waals surface area contributed by atoms with Gasteiger partial charge >= 0.3 is 0 Å². The molecule has 10 nitrogen and oxygen atoms in total. The van der Waals surface area contributed by atoms with E-state index in [1.165, 1.54) is 4.90 Å². The average molecular weight is 470 g/mol. The molecule has 2 amide bonds. The highest BCUT2D eigenvalue weighted by atomic mass is 16.2. The summed E-state index contributed by atoms with van der Waals surface area (Å²) in [4.78, 5) is 62.5. The van der Waals surface area contributed by atoms with Crippen LogP contribution in [0.2, 0.25) is 0 Å². The van der Waals surface area contributed by atoms with Crippen molar-refractivity contribution < 1.29 is 14.4 Å². The van der Waals surface area contributed by atoms with Crippen LogP contribution in [0.4, 0.5) is 0 Å². The first-order valence-corrected chi connectivity index (χ1v) is 11.2. The molecule has 0 aliphatic carbocycles. The predicted molar refractivity (Wildman–Crippen MR) is 128 cm³/mol. The summed E-state index contributed by atoms with van der Waals surface area (Å²) in [6, 6.07) is 5.31. The number of Topliss-reactive ketones (excluding diaryl/α,β-unsaturated/α-hetero) is 1. The molecule has 1 aliphatic rings. The number of ketones is 1. The Hall–Kier alpha value is -4.47. The van der Waals surface area contributed by atoms with Crippen LogP contribution in [0.3, 0.4) is 0 Å². The SMILES string of the molecule is Cc1cccc(C(=O)N2CCN(C(=O)C(=O)c3c[nH]c4c(-c5cnccn5)ncc(C)c34)CC2)n1. The molecule has 0 aromatic carbocycles. The topological polar surface area (TPSA) is 125 Å². The van der Waals surface area contributed by atoms with E-state index in [0.717, 1.165) is 11.3 Å². The van der Waals surface area contributed by atoms with Crippen LogP contribution in [-0.2, 0) is 4.79 Å². The standard InChI is InChI=1S/C25H23N7O3/c1-15-12-28-21(19-14-26-6-7-27-19)22-20(15)17(13-29-22)23(33)25(35)32-10-8-31(9-11-32)24(34)18-5-3-4-16(2)30-18/h3-7,12-14,29H,8-11H2,1-2H3. The molecule has 0 unspecified atom stereocenters. The summed E-state index contributed by atoms with van der Waals surface area (Å²) in [6.07, 6.45) is 7.94. The molecule has 10 heteroatoms. The predicted octanol–water partition coefficient (Wildman–Crippen LogP) is 2.20. The molecule has 176 valence electrons. The maximum atomic E-state index is 13.2. The van der Waals surface area contributed by atoms with E-state index in [1.807, 2.05) is 19.9 Å². The number of hydrogen-bond donors (Lipinski definition) is 1. The maximum Gasteiger partial charge on any atom is 0.295 e. The Balaban J connectivity index is 1.34. The lowest BCUT2D eigenvalue weighted by Gasteiger charge is -2.34. The molecule has 4 aromatic heterocycles. The zero-order chi connectivity index (χ0) is 24.5. The van der Waals surface area contributed by atoms with Crippen LogP contribution in [0.1, 0.15) is 32.1 Å². The lowest BCUT2D eigenvalue weighted by molar-refractivity contribution is -0.127. The number of nitrogens with one attached hydrogen (secondary N) is 1. The van der Waals surface area contributed by atoms with Crippen molar-refractivity contribution in [3.63, 3.8) is 0 Å². The summed E-state index contributed by atoms with van der Waals surface area (Å²) < 4.78 is 0. The minimum absolute atomic E-state index is 0.177. The van der Waals surface area contributed by atoms with Gasteiger partial charge < -0.3 is 14.8 Å². The molecule has 1 saturated heterocycles. The molecule has 0 bridgehead atoms. The Bertz CT molecular complexity index is 1440. The van der Waals surface area contributed by atoms with Crippen molar-refractivity contribution in [2.75, 3.05) is 26.2 Å². The fourth-order valence-corrected chi connectivity index (χ4v) is 4.30. The first-order chi connectivity index (χ1) is 16.9. The quantitative estimate of drug-likeness (QED) is 0.359. The van der Waals surface area contributed by atoms with Gasteiger partial charge in [0.1, 0.15) is 17.1 Å². The molecule has 1 fully saturated rings. The van der Waals surface area contributed by atoms with Crippen molar-refractivity contribution in [3.05, 3.63) is 71.7 Å². The highest BCUT2D eigenvalue weighted by Crippen LogP contribution is 2.29. The van der Waals surface area contributed by atoms with Crippen LogP contribution in [0, 0.1) is 13.8 Å². The summed E-state index contributed by atoms with van der Waals surface area (Å²) in [5.41, 5.74) is 3.95. The highest BCUT2D eigenvalue weighted by Gasteiger charge is 2.31. The number of pyridine rings is 2. The van der Waals surface area contributed by atoms with Gasteiger partial charge in [-0.3, -0.25) is 29.3 Å². The number of amides is 2. The number of carbonyl (C=O) groups is 3. The van der Waals surface area contributed by atoms with Gasteiger partial charge in [-0.15, -0.1) is 0 Å². The summed E-state index contributed by atoms with van der Waals surface area (Å²) in [6.45, 7) is 4.89. The number of piperazine rings is 1. The van der Waals surface area contributed by atoms with Crippen molar-refractivity contribution in [2.45, 2.75) is 13.8 Å². The van der Waals surface area contributed by atoms with E-state index in [9.17, 15) is 14.4 Å². The molecular weight excluding hydrogens is 446 g/mol. The Morgan fingerprint density at radius 2 is 1.71 bits per heavy atom. The van der Waals surface area contributed by atoms with Gasteiger partial charge in [0.25, 0.3) is 17.6 Å². The van der Waals surface area contributed by atoms with E-state index in [1.54, 1.807) is 48.0 Å². The van der Waals surface area contributed by atoms with Crippen LogP contribution >= 0.6 is 0 Å². The van der Waals surface area contributed by atoms with E-state index in [0.29, 0.717) is 41.1 Å². The number of carbonyl (C=O) groups excluding carboxylic acids is 3. The van der Waals surface area contributed by atoms with Gasteiger partial charge in [0.2, 0.25) is 0 Å². The number of rotatable bonds is 4. The van der Waals surface area contributed by atoms with Crippen LogP contribution in [-0.4, -0.2) is 78.5 Å². The summed E-state index contributed by atoms with van der Waals surface area (Å²) in [5.74, 6) is -1.37. The number of fused-ring (bicyclic) bond motifs is 1. The van der Waals surface area contributed by atoms with Gasteiger partial charge in [0.15, 0.2) is 0 Å². The lowest BCUT2D eigenvalue weighted by Crippen LogP contribution is -2.52. The number of nitrogens with zero attached hydrogens (tertiary/aromatic N) is 6. The minimum Gasteiger partial charge on any atom is -0.359 e. The molecule has 1 N–H and O–H groups in total. The molecule has 0 saturated carbocycles. The monoisotopic (exact) mass is 469 g/mol.